The normalized spacial score (nSPS) is 31.0. The highest BCUT2D eigenvalue weighted by Gasteiger charge is 2.41. The molecular formula is C18H27ClN2S. The van der Waals surface area contributed by atoms with Gasteiger partial charge in [0.05, 0.1) is 4.34 Å². The molecule has 1 saturated carbocycles. The van der Waals surface area contributed by atoms with Crippen LogP contribution in [-0.2, 0) is 6.54 Å². The zero-order chi connectivity index (χ0) is 15.0. The molecule has 1 aliphatic carbocycles. The predicted molar refractivity (Wildman–Crippen MR) is 94.7 cm³/mol. The molecule has 1 unspecified atom stereocenters. The highest BCUT2D eigenvalue weighted by atomic mass is 35.5. The van der Waals surface area contributed by atoms with Gasteiger partial charge < -0.3 is 4.90 Å². The summed E-state index contributed by atoms with van der Waals surface area (Å²) in [5.74, 6) is 1.01. The molecule has 3 heterocycles. The third kappa shape index (κ3) is 3.38. The molecule has 0 amide bonds. The summed E-state index contributed by atoms with van der Waals surface area (Å²) in [5, 5.41) is 0. The zero-order valence-corrected chi connectivity index (χ0v) is 15.0. The number of nitrogens with zero attached hydrogens (tertiary/aromatic N) is 2. The first-order chi connectivity index (χ1) is 10.7. The first-order valence-corrected chi connectivity index (χ1v) is 10.1. The van der Waals surface area contributed by atoms with Crippen LogP contribution in [-0.4, -0.2) is 42.5 Å². The molecule has 1 atom stereocenters. The Labute approximate surface area is 143 Å². The summed E-state index contributed by atoms with van der Waals surface area (Å²) in [7, 11) is 0. The maximum Gasteiger partial charge on any atom is 0.0931 e. The van der Waals surface area contributed by atoms with Crippen LogP contribution in [0, 0.1) is 11.3 Å². The van der Waals surface area contributed by atoms with Crippen molar-refractivity contribution in [2.24, 2.45) is 11.3 Å². The van der Waals surface area contributed by atoms with Crippen LogP contribution in [0.3, 0.4) is 0 Å². The summed E-state index contributed by atoms with van der Waals surface area (Å²) in [6, 6.07) is 4.23. The molecule has 3 aliphatic rings. The van der Waals surface area contributed by atoms with Crippen LogP contribution in [0.15, 0.2) is 12.1 Å². The summed E-state index contributed by atoms with van der Waals surface area (Å²) in [6.07, 6.45) is 8.68. The minimum absolute atomic E-state index is 0.586. The molecule has 2 aliphatic heterocycles. The molecule has 2 nitrogen and oxygen atoms in total. The Morgan fingerprint density at radius 3 is 2.68 bits per heavy atom. The van der Waals surface area contributed by atoms with Gasteiger partial charge in [-0.15, -0.1) is 11.3 Å². The van der Waals surface area contributed by atoms with Gasteiger partial charge in [-0.1, -0.05) is 18.0 Å². The van der Waals surface area contributed by atoms with Crippen molar-refractivity contribution in [2.45, 2.75) is 45.1 Å². The van der Waals surface area contributed by atoms with Gasteiger partial charge in [-0.2, -0.15) is 0 Å². The van der Waals surface area contributed by atoms with Gasteiger partial charge in [0.2, 0.25) is 0 Å². The van der Waals surface area contributed by atoms with Gasteiger partial charge in [0, 0.05) is 31.1 Å². The van der Waals surface area contributed by atoms with E-state index in [0.717, 1.165) is 16.8 Å². The standard InChI is InChI=1S/C18H27ClN2S/c19-17-6-5-16(22-17)12-21-10-8-18(14-21)7-2-9-20(13-18)11-15-3-1-4-15/h5-6,15H,1-4,7-14H2. The van der Waals surface area contributed by atoms with Gasteiger partial charge >= 0.3 is 0 Å². The molecule has 1 aromatic rings. The van der Waals surface area contributed by atoms with Gasteiger partial charge in [0.15, 0.2) is 0 Å². The third-order valence-electron chi connectivity index (χ3n) is 6.01. The lowest BCUT2D eigenvalue weighted by molar-refractivity contribution is 0.0669. The first kappa shape index (κ1) is 15.4. The Morgan fingerprint density at radius 1 is 1.09 bits per heavy atom. The topological polar surface area (TPSA) is 6.48 Å². The second-order valence-corrected chi connectivity index (χ2v) is 9.60. The number of rotatable bonds is 4. The van der Waals surface area contributed by atoms with Crippen molar-refractivity contribution in [1.29, 1.82) is 0 Å². The molecule has 1 aromatic heterocycles. The molecular weight excluding hydrogens is 312 g/mol. The number of hydrogen-bond acceptors (Lipinski definition) is 3. The van der Waals surface area contributed by atoms with Crippen molar-refractivity contribution in [3.63, 3.8) is 0 Å². The van der Waals surface area contributed by atoms with E-state index in [1.54, 1.807) is 11.3 Å². The third-order valence-corrected chi connectivity index (χ3v) is 7.22. The molecule has 2 saturated heterocycles. The smallest absolute Gasteiger partial charge is 0.0931 e. The summed E-state index contributed by atoms with van der Waals surface area (Å²) >= 11 is 7.81. The van der Waals surface area contributed by atoms with Gasteiger partial charge in [-0.3, -0.25) is 4.90 Å². The largest absolute Gasteiger partial charge is 0.302 e. The van der Waals surface area contributed by atoms with E-state index in [-0.39, 0.29) is 0 Å². The Balaban J connectivity index is 1.33. The Hall–Kier alpha value is -0.0900. The van der Waals surface area contributed by atoms with Crippen molar-refractivity contribution >= 4 is 22.9 Å². The van der Waals surface area contributed by atoms with Crippen LogP contribution in [0.5, 0.6) is 0 Å². The lowest BCUT2D eigenvalue weighted by Gasteiger charge is -2.43. The second kappa shape index (κ2) is 6.43. The minimum atomic E-state index is 0.586. The molecule has 1 spiro atoms. The van der Waals surface area contributed by atoms with Crippen LogP contribution in [0.1, 0.15) is 43.4 Å². The second-order valence-electron chi connectivity index (χ2n) is 7.80. The number of hydrogen-bond donors (Lipinski definition) is 0. The summed E-state index contributed by atoms with van der Waals surface area (Å²) in [4.78, 5) is 6.87. The van der Waals surface area contributed by atoms with Crippen molar-refractivity contribution in [2.75, 3.05) is 32.7 Å². The lowest BCUT2D eigenvalue weighted by atomic mass is 9.78. The Morgan fingerprint density at radius 2 is 1.95 bits per heavy atom. The summed E-state index contributed by atoms with van der Waals surface area (Å²) in [6.45, 7) is 7.74. The number of thiophene rings is 1. The van der Waals surface area contributed by atoms with E-state index >= 15 is 0 Å². The van der Waals surface area contributed by atoms with Gasteiger partial charge in [0.1, 0.15) is 0 Å². The average molecular weight is 339 g/mol. The van der Waals surface area contributed by atoms with Crippen molar-refractivity contribution in [1.82, 2.24) is 9.80 Å². The van der Waals surface area contributed by atoms with Crippen LogP contribution >= 0.6 is 22.9 Å². The maximum atomic E-state index is 6.07. The molecule has 0 bridgehead atoms. The summed E-state index contributed by atoms with van der Waals surface area (Å²) < 4.78 is 0.924. The molecule has 0 radical (unpaired) electrons. The van der Waals surface area contributed by atoms with Crippen molar-refractivity contribution in [3.8, 4) is 0 Å². The fraction of sp³-hybridized carbons (Fsp3) is 0.778. The monoisotopic (exact) mass is 338 g/mol. The summed E-state index contributed by atoms with van der Waals surface area (Å²) in [5.41, 5.74) is 0.586. The van der Waals surface area contributed by atoms with Gasteiger partial charge in [0.25, 0.3) is 0 Å². The molecule has 4 rings (SSSR count). The fourth-order valence-corrected chi connectivity index (χ4v) is 5.79. The Bertz CT molecular complexity index is 513. The van der Waals surface area contributed by atoms with E-state index in [1.807, 2.05) is 6.07 Å². The fourth-order valence-electron chi connectivity index (χ4n) is 4.66. The first-order valence-electron chi connectivity index (χ1n) is 8.90. The van der Waals surface area contributed by atoms with Crippen LogP contribution in [0.2, 0.25) is 4.34 Å². The molecule has 4 heteroatoms. The number of likely N-dealkylation sites (tertiary alicyclic amines) is 2. The SMILES string of the molecule is Clc1ccc(CN2CCC3(CCCN(CC4CCC4)C3)C2)s1. The van der Waals surface area contributed by atoms with E-state index < -0.39 is 0 Å². The molecule has 22 heavy (non-hydrogen) atoms. The molecule has 0 aromatic carbocycles. The maximum absolute atomic E-state index is 6.07. The van der Waals surface area contributed by atoms with Crippen molar-refractivity contribution < 1.29 is 0 Å². The zero-order valence-electron chi connectivity index (χ0n) is 13.4. The lowest BCUT2D eigenvalue weighted by Crippen LogP contribution is -2.47. The quantitative estimate of drug-likeness (QED) is 0.798. The van der Waals surface area contributed by atoms with Crippen LogP contribution < -0.4 is 0 Å². The average Bonchev–Trinajstić information content (AvgIpc) is 3.02. The van der Waals surface area contributed by atoms with Gasteiger partial charge in [-0.05, 0) is 68.7 Å². The minimum Gasteiger partial charge on any atom is -0.302 e. The van der Waals surface area contributed by atoms with E-state index in [4.69, 9.17) is 11.6 Å². The van der Waals surface area contributed by atoms with Crippen LogP contribution in [0.4, 0.5) is 0 Å². The number of piperidine rings is 1. The predicted octanol–water partition coefficient (Wildman–Crippen LogP) is 4.49. The molecule has 122 valence electrons. The van der Waals surface area contributed by atoms with Gasteiger partial charge in [-0.25, -0.2) is 0 Å². The van der Waals surface area contributed by atoms with Crippen molar-refractivity contribution in [3.05, 3.63) is 21.3 Å². The highest BCUT2D eigenvalue weighted by Crippen LogP contribution is 2.40. The van der Waals surface area contributed by atoms with E-state index in [1.165, 1.54) is 76.1 Å². The Kier molecular flexibility index (Phi) is 4.51. The molecule has 0 N–H and O–H groups in total. The van der Waals surface area contributed by atoms with E-state index in [0.29, 0.717) is 5.41 Å². The molecule has 3 fully saturated rings. The van der Waals surface area contributed by atoms with E-state index in [2.05, 4.69) is 15.9 Å². The van der Waals surface area contributed by atoms with E-state index in [9.17, 15) is 0 Å². The number of halogens is 1. The van der Waals surface area contributed by atoms with Crippen LogP contribution in [0.25, 0.3) is 0 Å². The highest BCUT2D eigenvalue weighted by molar-refractivity contribution is 7.16.